The number of carboxylic acids is 1. The predicted molar refractivity (Wildman–Crippen MR) is 72.8 cm³/mol. The first-order valence-electron chi connectivity index (χ1n) is 6.70. The molecular formula is C14H16O6S. The zero-order chi connectivity index (χ0) is 15.3. The Kier molecular flexibility index (Phi) is 3.22. The van der Waals surface area contributed by atoms with Crippen LogP contribution in [0, 0.1) is 5.92 Å². The van der Waals surface area contributed by atoms with Crippen LogP contribution in [0.25, 0.3) is 0 Å². The molecule has 114 valence electrons. The van der Waals surface area contributed by atoms with E-state index in [0.717, 1.165) is 0 Å². The minimum atomic E-state index is -3.89. The summed E-state index contributed by atoms with van der Waals surface area (Å²) in [6.45, 7) is 0. The molecule has 3 rings (SSSR count). The van der Waals surface area contributed by atoms with Gasteiger partial charge in [0, 0.05) is 0 Å². The van der Waals surface area contributed by atoms with Crippen molar-refractivity contribution in [1.82, 2.24) is 0 Å². The van der Waals surface area contributed by atoms with Gasteiger partial charge in [0.25, 0.3) is 0 Å². The Bertz CT molecular complexity index is 665. The number of carbonyl (C=O) groups is 1. The topological polar surface area (TPSA) is 89.9 Å². The molecule has 0 aromatic heterocycles. The van der Waals surface area contributed by atoms with Gasteiger partial charge in [-0.1, -0.05) is 0 Å². The third kappa shape index (κ3) is 1.95. The number of fused-ring (bicyclic) bond motifs is 2. The minimum Gasteiger partial charge on any atom is -0.497 e. The number of hydrogen-bond acceptors (Lipinski definition) is 5. The molecule has 3 unspecified atom stereocenters. The van der Waals surface area contributed by atoms with Crippen LogP contribution in [0.2, 0.25) is 0 Å². The van der Waals surface area contributed by atoms with Crippen molar-refractivity contribution in [2.45, 2.75) is 35.2 Å². The number of hydrogen-bond donors (Lipinski definition) is 1. The van der Waals surface area contributed by atoms with Gasteiger partial charge in [-0.15, -0.1) is 0 Å². The van der Waals surface area contributed by atoms with E-state index >= 15 is 0 Å². The van der Waals surface area contributed by atoms with E-state index in [1.165, 1.54) is 19.2 Å². The van der Waals surface area contributed by atoms with Crippen molar-refractivity contribution in [3.05, 3.63) is 24.3 Å². The van der Waals surface area contributed by atoms with Gasteiger partial charge in [-0.2, -0.15) is 0 Å². The van der Waals surface area contributed by atoms with Crippen molar-refractivity contribution < 1.29 is 27.8 Å². The zero-order valence-corrected chi connectivity index (χ0v) is 12.3. The Balaban J connectivity index is 2.05. The molecule has 21 heavy (non-hydrogen) atoms. The van der Waals surface area contributed by atoms with E-state index in [-0.39, 0.29) is 23.8 Å². The normalized spacial score (nSPS) is 31.3. The van der Waals surface area contributed by atoms with Crippen LogP contribution in [0.3, 0.4) is 0 Å². The molecule has 1 N–H and O–H groups in total. The molecule has 2 bridgehead atoms. The van der Waals surface area contributed by atoms with Crippen molar-refractivity contribution in [3.63, 3.8) is 0 Å². The highest BCUT2D eigenvalue weighted by atomic mass is 32.2. The second kappa shape index (κ2) is 4.71. The van der Waals surface area contributed by atoms with Crippen molar-refractivity contribution in [3.8, 4) is 5.75 Å². The van der Waals surface area contributed by atoms with Gasteiger partial charge in [0.05, 0.1) is 18.1 Å². The highest BCUT2D eigenvalue weighted by Gasteiger charge is 2.64. The standard InChI is InChI=1S/C14H16O6S/c1-19-9-2-4-11(5-3-9)21(17,18)14-7-6-10(20-14)8-12(14)13(15)16/h2-5,10,12H,6-8H2,1H3,(H,15,16). The maximum absolute atomic E-state index is 12.9. The van der Waals surface area contributed by atoms with Gasteiger partial charge in [0.15, 0.2) is 4.93 Å². The summed E-state index contributed by atoms with van der Waals surface area (Å²) in [6, 6.07) is 5.94. The van der Waals surface area contributed by atoms with E-state index in [9.17, 15) is 18.3 Å². The van der Waals surface area contributed by atoms with E-state index in [1.54, 1.807) is 12.1 Å². The van der Waals surface area contributed by atoms with Crippen molar-refractivity contribution in [1.29, 1.82) is 0 Å². The lowest BCUT2D eigenvalue weighted by Crippen LogP contribution is -2.45. The quantitative estimate of drug-likeness (QED) is 0.905. The fourth-order valence-electron chi connectivity index (χ4n) is 3.26. The summed E-state index contributed by atoms with van der Waals surface area (Å²) >= 11 is 0. The predicted octanol–water partition coefficient (Wildman–Crippen LogP) is 1.45. The van der Waals surface area contributed by atoms with Gasteiger partial charge in [-0.25, -0.2) is 8.42 Å². The fourth-order valence-corrected chi connectivity index (χ4v) is 5.37. The Hall–Kier alpha value is -1.60. The molecule has 3 atom stereocenters. The largest absolute Gasteiger partial charge is 0.497 e. The summed E-state index contributed by atoms with van der Waals surface area (Å²) in [5.74, 6) is -1.59. The van der Waals surface area contributed by atoms with Crippen LogP contribution >= 0.6 is 0 Å². The molecule has 6 nitrogen and oxygen atoms in total. The minimum absolute atomic E-state index is 0.0668. The van der Waals surface area contributed by atoms with Gasteiger partial charge in [-0.3, -0.25) is 4.79 Å². The maximum Gasteiger partial charge on any atom is 0.310 e. The van der Waals surface area contributed by atoms with Crippen molar-refractivity contribution in [2.75, 3.05) is 7.11 Å². The van der Waals surface area contributed by atoms with Crippen LogP contribution < -0.4 is 4.74 Å². The third-order valence-corrected chi connectivity index (χ3v) is 6.72. The van der Waals surface area contributed by atoms with Crippen LogP contribution in [0.4, 0.5) is 0 Å². The number of rotatable bonds is 4. The first-order valence-corrected chi connectivity index (χ1v) is 8.18. The number of carboxylic acid groups (broad SMARTS) is 1. The molecule has 2 aliphatic heterocycles. The van der Waals surface area contributed by atoms with Gasteiger partial charge in [0.1, 0.15) is 11.7 Å². The number of sulfone groups is 1. The monoisotopic (exact) mass is 312 g/mol. The lowest BCUT2D eigenvalue weighted by atomic mass is 9.89. The molecule has 0 radical (unpaired) electrons. The first-order chi connectivity index (χ1) is 9.90. The van der Waals surface area contributed by atoms with E-state index in [1.807, 2.05) is 0 Å². The summed E-state index contributed by atoms with van der Waals surface area (Å²) in [5.41, 5.74) is 0. The molecule has 0 spiro atoms. The average molecular weight is 312 g/mol. The van der Waals surface area contributed by atoms with Crippen LogP contribution in [0.5, 0.6) is 5.75 Å². The van der Waals surface area contributed by atoms with E-state index in [4.69, 9.17) is 9.47 Å². The van der Waals surface area contributed by atoms with Crippen molar-refractivity contribution in [2.24, 2.45) is 5.92 Å². The highest BCUT2D eigenvalue weighted by Crippen LogP contribution is 2.52. The second-order valence-corrected chi connectivity index (χ2v) is 7.57. The van der Waals surface area contributed by atoms with Crippen molar-refractivity contribution >= 4 is 15.8 Å². The summed E-state index contributed by atoms with van der Waals surface area (Å²) in [5, 5.41) is 9.33. The maximum atomic E-state index is 12.9. The van der Waals surface area contributed by atoms with Gasteiger partial charge >= 0.3 is 5.97 Å². The van der Waals surface area contributed by atoms with E-state index < -0.39 is 26.7 Å². The van der Waals surface area contributed by atoms with Crippen LogP contribution in [0.15, 0.2) is 29.2 Å². The third-order valence-electron chi connectivity index (χ3n) is 4.33. The molecular weight excluding hydrogens is 296 g/mol. The summed E-state index contributed by atoms with van der Waals surface area (Å²) in [4.78, 5) is 9.85. The van der Waals surface area contributed by atoms with E-state index in [2.05, 4.69) is 0 Å². The summed E-state index contributed by atoms with van der Waals surface area (Å²) in [7, 11) is -2.40. The molecule has 0 saturated carbocycles. The lowest BCUT2D eigenvalue weighted by molar-refractivity contribution is -0.144. The Morgan fingerprint density at radius 3 is 2.57 bits per heavy atom. The molecule has 2 saturated heterocycles. The first kappa shape index (κ1) is 14.3. The number of aliphatic carboxylic acids is 1. The molecule has 7 heteroatoms. The smallest absolute Gasteiger partial charge is 0.310 e. The van der Waals surface area contributed by atoms with Crippen LogP contribution in [-0.4, -0.2) is 37.6 Å². The molecule has 2 aliphatic rings. The summed E-state index contributed by atoms with van der Waals surface area (Å²) in [6.07, 6.45) is 0.784. The highest BCUT2D eigenvalue weighted by molar-refractivity contribution is 7.92. The average Bonchev–Trinajstić information content (AvgIpc) is 3.07. The van der Waals surface area contributed by atoms with Gasteiger partial charge in [0.2, 0.25) is 9.84 Å². The molecule has 1 aromatic carbocycles. The number of methoxy groups -OCH3 is 1. The molecule has 0 amide bonds. The summed E-state index contributed by atoms with van der Waals surface area (Å²) < 4.78 is 36.4. The zero-order valence-electron chi connectivity index (χ0n) is 11.5. The Morgan fingerprint density at radius 1 is 1.38 bits per heavy atom. The second-order valence-electron chi connectivity index (χ2n) is 5.40. The van der Waals surface area contributed by atoms with Crippen LogP contribution in [-0.2, 0) is 19.4 Å². The van der Waals surface area contributed by atoms with E-state index in [0.29, 0.717) is 12.2 Å². The molecule has 0 aliphatic carbocycles. The molecule has 2 fully saturated rings. The lowest BCUT2D eigenvalue weighted by Gasteiger charge is -2.29. The fraction of sp³-hybridized carbons (Fsp3) is 0.500. The van der Waals surface area contributed by atoms with Crippen LogP contribution in [0.1, 0.15) is 19.3 Å². The molecule has 1 aromatic rings. The SMILES string of the molecule is COc1ccc(S(=O)(=O)C23CCC(CC2C(=O)O)O3)cc1. The van der Waals surface area contributed by atoms with Gasteiger partial charge in [-0.05, 0) is 43.5 Å². The molecule has 2 heterocycles. The number of benzene rings is 1. The number of ether oxygens (including phenoxy) is 2. The Morgan fingerprint density at radius 2 is 2.05 bits per heavy atom. The Labute approximate surface area is 122 Å². The van der Waals surface area contributed by atoms with Gasteiger partial charge < -0.3 is 14.6 Å².